The lowest BCUT2D eigenvalue weighted by Gasteiger charge is -2.23. The largest absolute Gasteiger partial charge is 0.321 e. The first-order valence-electron chi connectivity index (χ1n) is 10.7. The Kier molecular flexibility index (Phi) is 7.53. The van der Waals surface area contributed by atoms with Crippen molar-refractivity contribution >= 4 is 39.1 Å². The molecule has 1 amide bonds. The fourth-order valence-corrected chi connectivity index (χ4v) is 5.21. The molecule has 4 aromatic rings. The van der Waals surface area contributed by atoms with Gasteiger partial charge in [-0.1, -0.05) is 54.2 Å². The van der Waals surface area contributed by atoms with Gasteiger partial charge in [-0.15, -0.1) is 0 Å². The maximum atomic E-state index is 13.2. The van der Waals surface area contributed by atoms with Crippen molar-refractivity contribution in [2.75, 3.05) is 15.9 Å². The maximum Gasteiger partial charge on any atom is 0.255 e. The van der Waals surface area contributed by atoms with Crippen LogP contribution in [0.2, 0.25) is 0 Å². The maximum absolute atomic E-state index is 13.2. The summed E-state index contributed by atoms with van der Waals surface area (Å²) in [4.78, 5) is 14.9. The Bertz CT molecular complexity index is 1410. The molecule has 0 aliphatic heterocycles. The zero-order valence-corrected chi connectivity index (χ0v) is 20.5. The number of sulfonamides is 1. The highest BCUT2D eigenvalue weighted by molar-refractivity contribution is 7.99. The highest BCUT2D eigenvalue weighted by atomic mass is 32.2. The van der Waals surface area contributed by atoms with E-state index in [9.17, 15) is 17.6 Å². The van der Waals surface area contributed by atoms with E-state index in [-0.39, 0.29) is 12.5 Å². The Balaban J connectivity index is 1.51. The van der Waals surface area contributed by atoms with E-state index in [1.807, 2.05) is 54.6 Å². The minimum absolute atomic E-state index is 0.0503. The molecule has 0 unspecified atom stereocenters. The summed E-state index contributed by atoms with van der Waals surface area (Å²) in [5, 5.41) is 2.94. The molecule has 0 saturated carbocycles. The molecule has 0 bridgehead atoms. The van der Waals surface area contributed by atoms with Crippen LogP contribution in [0.4, 0.5) is 15.8 Å². The van der Waals surface area contributed by atoms with E-state index >= 15 is 0 Å². The molecule has 0 spiro atoms. The molecule has 0 aromatic heterocycles. The van der Waals surface area contributed by atoms with Crippen LogP contribution in [0.15, 0.2) is 113 Å². The molecule has 0 atom stereocenters. The number of carbonyl (C=O) groups is 1. The summed E-state index contributed by atoms with van der Waals surface area (Å²) in [6.45, 7) is 0.0503. The van der Waals surface area contributed by atoms with Gasteiger partial charge in [0.15, 0.2) is 0 Å². The standard InChI is InChI=1S/C27H23FN2O3S2/c1-35(32,33)30(19-20-11-15-22(28)16-12-20)23-17-13-21(14-18-23)27(31)29-25-9-5-6-10-26(25)34-24-7-3-2-4-8-24/h2-18H,19H2,1H3,(H,29,31). The minimum Gasteiger partial charge on any atom is -0.321 e. The first kappa shape index (κ1) is 24.5. The van der Waals surface area contributed by atoms with E-state index in [0.717, 1.165) is 16.0 Å². The van der Waals surface area contributed by atoms with Crippen molar-refractivity contribution in [3.05, 3.63) is 120 Å². The highest BCUT2D eigenvalue weighted by Gasteiger charge is 2.19. The predicted molar refractivity (Wildman–Crippen MR) is 139 cm³/mol. The molecule has 178 valence electrons. The van der Waals surface area contributed by atoms with Crippen LogP contribution >= 0.6 is 11.8 Å². The second-order valence-electron chi connectivity index (χ2n) is 7.81. The molecular weight excluding hydrogens is 483 g/mol. The number of rotatable bonds is 8. The molecule has 5 nitrogen and oxygen atoms in total. The number of para-hydroxylation sites is 1. The summed E-state index contributed by atoms with van der Waals surface area (Å²) >= 11 is 1.55. The third-order valence-electron chi connectivity index (χ3n) is 5.16. The molecule has 0 saturated heterocycles. The van der Waals surface area contributed by atoms with Crippen LogP contribution in [0, 0.1) is 5.82 Å². The Morgan fingerprint density at radius 1 is 0.857 bits per heavy atom. The smallest absolute Gasteiger partial charge is 0.255 e. The fourth-order valence-electron chi connectivity index (χ4n) is 3.40. The number of carbonyl (C=O) groups excluding carboxylic acids is 1. The van der Waals surface area contributed by atoms with E-state index in [1.165, 1.54) is 16.4 Å². The lowest BCUT2D eigenvalue weighted by Crippen LogP contribution is -2.29. The summed E-state index contributed by atoms with van der Waals surface area (Å²) in [7, 11) is -3.61. The number of nitrogens with zero attached hydrogens (tertiary/aromatic N) is 1. The fraction of sp³-hybridized carbons (Fsp3) is 0.0741. The van der Waals surface area contributed by atoms with Gasteiger partial charge in [0.2, 0.25) is 10.0 Å². The molecule has 4 aromatic carbocycles. The zero-order chi connectivity index (χ0) is 24.8. The molecular formula is C27H23FN2O3S2. The van der Waals surface area contributed by atoms with Crippen LogP contribution in [0.25, 0.3) is 0 Å². The third-order valence-corrected chi connectivity index (χ3v) is 7.39. The van der Waals surface area contributed by atoms with Crippen LogP contribution in [0.3, 0.4) is 0 Å². The Labute approximate surface area is 208 Å². The summed E-state index contributed by atoms with van der Waals surface area (Å²) in [6, 6.07) is 29.4. The normalized spacial score (nSPS) is 11.1. The predicted octanol–water partition coefficient (Wildman–Crippen LogP) is 6.20. The van der Waals surface area contributed by atoms with E-state index in [1.54, 1.807) is 48.2 Å². The van der Waals surface area contributed by atoms with Gasteiger partial charge in [0.25, 0.3) is 5.91 Å². The average molecular weight is 507 g/mol. The van der Waals surface area contributed by atoms with Crippen LogP contribution < -0.4 is 9.62 Å². The molecule has 0 fully saturated rings. The van der Waals surface area contributed by atoms with Gasteiger partial charge in [-0.3, -0.25) is 9.10 Å². The molecule has 0 radical (unpaired) electrons. The summed E-state index contributed by atoms with van der Waals surface area (Å²) < 4.78 is 39.3. The number of benzene rings is 4. The number of halogens is 1. The number of hydrogen-bond donors (Lipinski definition) is 1. The van der Waals surface area contributed by atoms with Crippen LogP contribution in [-0.2, 0) is 16.6 Å². The van der Waals surface area contributed by atoms with Crippen LogP contribution in [-0.4, -0.2) is 20.6 Å². The van der Waals surface area contributed by atoms with Crippen LogP contribution in [0.5, 0.6) is 0 Å². The van der Waals surface area contributed by atoms with Crippen molar-refractivity contribution in [1.82, 2.24) is 0 Å². The topological polar surface area (TPSA) is 66.5 Å². The Morgan fingerprint density at radius 3 is 2.14 bits per heavy atom. The molecule has 35 heavy (non-hydrogen) atoms. The van der Waals surface area contributed by atoms with E-state index in [0.29, 0.717) is 22.5 Å². The van der Waals surface area contributed by atoms with Gasteiger partial charge in [-0.2, -0.15) is 0 Å². The first-order chi connectivity index (χ1) is 16.8. The van der Waals surface area contributed by atoms with Gasteiger partial charge >= 0.3 is 0 Å². The lowest BCUT2D eigenvalue weighted by molar-refractivity contribution is 0.102. The molecule has 8 heteroatoms. The van der Waals surface area contributed by atoms with Crippen molar-refractivity contribution in [2.45, 2.75) is 16.3 Å². The van der Waals surface area contributed by atoms with Crippen molar-refractivity contribution in [1.29, 1.82) is 0 Å². The minimum atomic E-state index is -3.61. The number of hydrogen-bond acceptors (Lipinski definition) is 4. The van der Waals surface area contributed by atoms with E-state index < -0.39 is 15.8 Å². The average Bonchev–Trinajstić information content (AvgIpc) is 2.85. The summed E-state index contributed by atoms with van der Waals surface area (Å²) in [5.74, 6) is -0.694. The molecule has 4 rings (SSSR count). The van der Waals surface area contributed by atoms with E-state index in [2.05, 4.69) is 5.32 Å². The molecule has 0 aliphatic carbocycles. The Morgan fingerprint density at radius 2 is 1.49 bits per heavy atom. The molecule has 1 N–H and O–H groups in total. The van der Waals surface area contributed by atoms with Crippen LogP contribution in [0.1, 0.15) is 15.9 Å². The monoisotopic (exact) mass is 506 g/mol. The van der Waals surface area contributed by atoms with Crippen molar-refractivity contribution in [2.24, 2.45) is 0 Å². The number of nitrogens with one attached hydrogen (secondary N) is 1. The van der Waals surface area contributed by atoms with Gasteiger partial charge in [-0.25, -0.2) is 12.8 Å². The number of anilines is 2. The Hall–Kier alpha value is -3.62. The van der Waals surface area contributed by atoms with Crippen molar-refractivity contribution in [3.8, 4) is 0 Å². The van der Waals surface area contributed by atoms with Gasteiger partial charge < -0.3 is 5.32 Å². The van der Waals surface area contributed by atoms with Gasteiger partial charge in [0.05, 0.1) is 24.2 Å². The molecule has 0 aliphatic rings. The summed E-state index contributed by atoms with van der Waals surface area (Å²) in [6.07, 6.45) is 1.11. The highest BCUT2D eigenvalue weighted by Crippen LogP contribution is 2.33. The lowest BCUT2D eigenvalue weighted by atomic mass is 10.1. The van der Waals surface area contributed by atoms with Crippen molar-refractivity contribution in [3.63, 3.8) is 0 Å². The zero-order valence-electron chi connectivity index (χ0n) is 18.9. The first-order valence-corrected chi connectivity index (χ1v) is 13.4. The second kappa shape index (κ2) is 10.8. The summed E-state index contributed by atoms with van der Waals surface area (Å²) in [5.41, 5.74) is 2.13. The van der Waals surface area contributed by atoms with E-state index in [4.69, 9.17) is 0 Å². The second-order valence-corrected chi connectivity index (χ2v) is 10.8. The SMILES string of the molecule is CS(=O)(=O)N(Cc1ccc(F)cc1)c1ccc(C(=O)Nc2ccccc2Sc2ccccc2)cc1. The van der Waals surface area contributed by atoms with Gasteiger partial charge in [0.1, 0.15) is 5.82 Å². The van der Waals surface area contributed by atoms with Gasteiger partial charge in [-0.05, 0) is 66.2 Å². The number of amides is 1. The quantitative estimate of drug-likeness (QED) is 0.309. The third kappa shape index (κ3) is 6.49. The van der Waals surface area contributed by atoms with Gasteiger partial charge in [0, 0.05) is 15.4 Å². The molecule has 0 heterocycles. The van der Waals surface area contributed by atoms with Crippen molar-refractivity contribution < 1.29 is 17.6 Å².